The van der Waals surface area contributed by atoms with Crippen LogP contribution in [-0.2, 0) is 19.1 Å². The number of carbonyl (C=O) groups excluding carboxylic acids is 4. The molecule has 1 saturated heterocycles. The molecule has 2 N–H and O–H groups in total. The normalized spacial score (nSPS) is 13.4. The molecule has 27 heavy (non-hydrogen) atoms. The van der Waals surface area contributed by atoms with Crippen molar-refractivity contribution in [2.45, 2.75) is 20.8 Å². The smallest absolute Gasteiger partial charge is 0.326 e. The molecule has 0 aromatic heterocycles. The van der Waals surface area contributed by atoms with Crippen LogP contribution in [0.4, 0.5) is 10.5 Å². The number of benzene rings is 1. The lowest BCUT2D eigenvalue weighted by molar-refractivity contribution is -0.148. The third-order valence-electron chi connectivity index (χ3n) is 3.92. The van der Waals surface area contributed by atoms with Crippen LogP contribution in [0.5, 0.6) is 0 Å². The molecule has 1 heterocycles. The van der Waals surface area contributed by atoms with E-state index in [1.165, 1.54) is 4.90 Å². The minimum Gasteiger partial charge on any atom is -0.454 e. The zero-order valence-electron chi connectivity index (χ0n) is 15.6. The fraction of sp³-hybridized carbons (Fsp3) is 0.444. The van der Waals surface area contributed by atoms with Crippen molar-refractivity contribution in [2.75, 3.05) is 37.3 Å². The van der Waals surface area contributed by atoms with Crippen LogP contribution in [-0.4, -0.2) is 59.9 Å². The summed E-state index contributed by atoms with van der Waals surface area (Å²) in [4.78, 5) is 48.2. The third-order valence-corrected chi connectivity index (χ3v) is 4.81. The molecule has 1 aliphatic heterocycles. The summed E-state index contributed by atoms with van der Waals surface area (Å²) < 4.78 is 4.83. The number of rotatable bonds is 7. The van der Waals surface area contributed by atoms with Crippen LogP contribution in [0.3, 0.4) is 0 Å². The van der Waals surface area contributed by atoms with Crippen molar-refractivity contribution >= 4 is 40.5 Å². The third kappa shape index (κ3) is 6.28. The molecule has 1 aromatic carbocycles. The molecule has 1 aromatic rings. The number of thioether (sulfide) groups is 1. The van der Waals surface area contributed by atoms with E-state index < -0.39 is 18.5 Å². The summed E-state index contributed by atoms with van der Waals surface area (Å²) in [6.07, 6.45) is 0. The number of aryl methyl sites for hydroxylation is 3. The van der Waals surface area contributed by atoms with Crippen molar-refractivity contribution in [3.8, 4) is 0 Å². The second-order valence-corrected chi connectivity index (χ2v) is 7.34. The highest BCUT2D eigenvalue weighted by molar-refractivity contribution is 8.13. The van der Waals surface area contributed by atoms with Crippen LogP contribution in [0.25, 0.3) is 0 Å². The van der Waals surface area contributed by atoms with Gasteiger partial charge < -0.3 is 20.3 Å². The quantitative estimate of drug-likeness (QED) is 0.678. The summed E-state index contributed by atoms with van der Waals surface area (Å²) in [7, 11) is 0. The van der Waals surface area contributed by atoms with Gasteiger partial charge in [-0.15, -0.1) is 0 Å². The maximum Gasteiger partial charge on any atom is 0.326 e. The highest BCUT2D eigenvalue weighted by Gasteiger charge is 2.24. The van der Waals surface area contributed by atoms with Gasteiger partial charge in [-0.1, -0.05) is 29.5 Å². The molecule has 0 unspecified atom stereocenters. The number of anilines is 1. The van der Waals surface area contributed by atoms with E-state index in [2.05, 4.69) is 10.6 Å². The molecular formula is C18H23N3O5S. The first kappa shape index (κ1) is 20.8. The van der Waals surface area contributed by atoms with E-state index in [0.717, 1.165) is 34.1 Å². The summed E-state index contributed by atoms with van der Waals surface area (Å²) in [6, 6.07) is 3.93. The Bertz CT molecular complexity index is 742. The monoisotopic (exact) mass is 393 g/mol. The number of nitrogens with zero attached hydrogens (tertiary/aromatic N) is 1. The van der Waals surface area contributed by atoms with E-state index in [9.17, 15) is 19.2 Å². The Kier molecular flexibility index (Phi) is 7.23. The van der Waals surface area contributed by atoms with Crippen molar-refractivity contribution in [3.05, 3.63) is 28.8 Å². The number of amides is 3. The minimum atomic E-state index is -0.656. The van der Waals surface area contributed by atoms with Crippen LogP contribution >= 0.6 is 11.8 Å². The van der Waals surface area contributed by atoms with Crippen LogP contribution in [0.1, 0.15) is 16.7 Å². The second kappa shape index (κ2) is 9.40. The summed E-state index contributed by atoms with van der Waals surface area (Å²) in [5.74, 6) is -0.972. The van der Waals surface area contributed by atoms with E-state index in [-0.39, 0.29) is 24.2 Å². The van der Waals surface area contributed by atoms with Gasteiger partial charge in [-0.3, -0.25) is 19.2 Å². The molecule has 0 saturated carbocycles. The molecule has 0 atom stereocenters. The topological polar surface area (TPSA) is 105 Å². The predicted octanol–water partition coefficient (Wildman–Crippen LogP) is 1.38. The van der Waals surface area contributed by atoms with E-state index in [4.69, 9.17) is 4.74 Å². The molecule has 2 rings (SSSR count). The Labute approximate surface area is 162 Å². The van der Waals surface area contributed by atoms with Crippen LogP contribution in [0, 0.1) is 20.8 Å². The fourth-order valence-corrected chi connectivity index (χ4v) is 3.53. The van der Waals surface area contributed by atoms with Crippen molar-refractivity contribution in [2.24, 2.45) is 0 Å². The number of carbonyl (C=O) groups is 4. The SMILES string of the molecule is Cc1cc(C)c(NC(=O)CNC(=O)COC(=O)CN2CCSC2=O)c(C)c1. The Morgan fingerprint density at radius 1 is 1.15 bits per heavy atom. The number of hydrogen-bond donors (Lipinski definition) is 2. The van der Waals surface area contributed by atoms with E-state index >= 15 is 0 Å². The van der Waals surface area contributed by atoms with E-state index in [1.54, 1.807) is 0 Å². The summed E-state index contributed by atoms with van der Waals surface area (Å²) >= 11 is 1.14. The number of hydrogen-bond acceptors (Lipinski definition) is 6. The number of ether oxygens (including phenoxy) is 1. The number of esters is 1. The summed E-state index contributed by atoms with van der Waals surface area (Å²) in [5.41, 5.74) is 3.71. The van der Waals surface area contributed by atoms with Crippen LogP contribution in [0.15, 0.2) is 12.1 Å². The Balaban J connectivity index is 1.71. The second-order valence-electron chi connectivity index (χ2n) is 6.30. The lowest BCUT2D eigenvalue weighted by Crippen LogP contribution is -2.37. The van der Waals surface area contributed by atoms with Gasteiger partial charge in [-0.25, -0.2) is 0 Å². The standard InChI is InChI=1S/C18H23N3O5S/c1-11-6-12(2)17(13(3)7-11)20-14(22)8-19-15(23)10-26-16(24)9-21-4-5-27-18(21)25/h6-7H,4-5,8-10H2,1-3H3,(H,19,23)(H,20,22). The maximum absolute atomic E-state index is 12.0. The van der Waals surface area contributed by atoms with Gasteiger partial charge in [0.05, 0.1) is 6.54 Å². The average Bonchev–Trinajstić information content (AvgIpc) is 2.99. The van der Waals surface area contributed by atoms with Crippen molar-refractivity contribution in [1.29, 1.82) is 0 Å². The number of nitrogens with one attached hydrogen (secondary N) is 2. The van der Waals surface area contributed by atoms with E-state index in [0.29, 0.717) is 12.3 Å². The van der Waals surface area contributed by atoms with Gasteiger partial charge in [0.15, 0.2) is 6.61 Å². The zero-order valence-corrected chi connectivity index (χ0v) is 16.4. The van der Waals surface area contributed by atoms with Gasteiger partial charge in [0.25, 0.3) is 11.1 Å². The molecule has 0 spiro atoms. The summed E-state index contributed by atoms with van der Waals surface area (Å²) in [5, 5.41) is 5.00. The average molecular weight is 393 g/mol. The van der Waals surface area contributed by atoms with Crippen molar-refractivity contribution in [3.63, 3.8) is 0 Å². The van der Waals surface area contributed by atoms with Gasteiger partial charge in [0, 0.05) is 18.0 Å². The molecule has 9 heteroatoms. The minimum absolute atomic E-state index is 0.172. The highest BCUT2D eigenvalue weighted by Crippen LogP contribution is 2.21. The van der Waals surface area contributed by atoms with Crippen LogP contribution in [0.2, 0.25) is 0 Å². The van der Waals surface area contributed by atoms with Gasteiger partial charge in [-0.2, -0.15) is 0 Å². The molecule has 0 aliphatic carbocycles. The fourth-order valence-electron chi connectivity index (χ4n) is 2.71. The molecule has 1 aliphatic rings. The van der Waals surface area contributed by atoms with Gasteiger partial charge in [0.1, 0.15) is 6.54 Å². The molecule has 8 nitrogen and oxygen atoms in total. The zero-order chi connectivity index (χ0) is 20.0. The Morgan fingerprint density at radius 3 is 2.41 bits per heavy atom. The van der Waals surface area contributed by atoms with Gasteiger partial charge >= 0.3 is 5.97 Å². The molecule has 0 bridgehead atoms. The van der Waals surface area contributed by atoms with Gasteiger partial charge in [0.2, 0.25) is 5.91 Å². The molecular weight excluding hydrogens is 370 g/mol. The largest absolute Gasteiger partial charge is 0.454 e. The molecule has 146 valence electrons. The molecule has 0 radical (unpaired) electrons. The molecule has 1 fully saturated rings. The van der Waals surface area contributed by atoms with Crippen molar-refractivity contribution < 1.29 is 23.9 Å². The lowest BCUT2D eigenvalue weighted by atomic mass is 10.1. The first-order valence-corrected chi connectivity index (χ1v) is 9.46. The predicted molar refractivity (Wildman–Crippen MR) is 103 cm³/mol. The first-order chi connectivity index (χ1) is 12.8. The molecule has 3 amide bonds. The van der Waals surface area contributed by atoms with E-state index in [1.807, 2.05) is 32.9 Å². The Morgan fingerprint density at radius 2 is 1.81 bits per heavy atom. The maximum atomic E-state index is 12.0. The first-order valence-electron chi connectivity index (χ1n) is 8.48. The highest BCUT2D eigenvalue weighted by atomic mass is 32.2. The van der Waals surface area contributed by atoms with Crippen molar-refractivity contribution in [1.82, 2.24) is 10.2 Å². The Hall–Kier alpha value is -2.55. The lowest BCUT2D eigenvalue weighted by Gasteiger charge is -2.14. The van der Waals surface area contributed by atoms with Gasteiger partial charge in [-0.05, 0) is 31.9 Å². The summed E-state index contributed by atoms with van der Waals surface area (Å²) in [6.45, 7) is 5.36. The van der Waals surface area contributed by atoms with Crippen LogP contribution < -0.4 is 10.6 Å².